The van der Waals surface area contributed by atoms with E-state index in [1.54, 1.807) is 24.5 Å². The number of carbonyl (C=O) groups is 2. The van der Waals surface area contributed by atoms with E-state index in [-0.39, 0.29) is 17.7 Å². The molecule has 0 saturated heterocycles. The van der Waals surface area contributed by atoms with Crippen LogP contribution >= 0.6 is 0 Å². The van der Waals surface area contributed by atoms with Crippen LogP contribution in [-0.4, -0.2) is 22.8 Å². The third-order valence-corrected chi connectivity index (χ3v) is 4.66. The molecule has 1 aromatic heterocycles. The lowest BCUT2D eigenvalue weighted by Gasteiger charge is -2.27. The van der Waals surface area contributed by atoms with Gasteiger partial charge in [0, 0.05) is 12.1 Å². The zero-order valence-corrected chi connectivity index (χ0v) is 14.9. The van der Waals surface area contributed by atoms with Gasteiger partial charge in [-0.15, -0.1) is 0 Å². The molecule has 24 heavy (non-hydrogen) atoms. The summed E-state index contributed by atoms with van der Waals surface area (Å²) in [6, 6.07) is 3.06. The Morgan fingerprint density at radius 3 is 2.54 bits per heavy atom. The van der Waals surface area contributed by atoms with Gasteiger partial charge in [0.1, 0.15) is 6.04 Å². The Morgan fingerprint density at radius 1 is 1.25 bits per heavy atom. The van der Waals surface area contributed by atoms with Gasteiger partial charge in [0.05, 0.1) is 11.9 Å². The largest absolute Gasteiger partial charge is 0.344 e. The summed E-state index contributed by atoms with van der Waals surface area (Å²) >= 11 is 0. The maximum absolute atomic E-state index is 12.6. The van der Waals surface area contributed by atoms with Crippen molar-refractivity contribution in [2.45, 2.75) is 58.9 Å². The Labute approximate surface area is 144 Å². The Bertz CT molecular complexity index is 537. The van der Waals surface area contributed by atoms with E-state index in [2.05, 4.69) is 36.4 Å². The first kappa shape index (κ1) is 18.4. The lowest BCUT2D eigenvalue weighted by molar-refractivity contribution is -0.130. The fraction of sp³-hybridized carbons (Fsp3) is 0.632. The summed E-state index contributed by atoms with van der Waals surface area (Å²) in [5, 5.41) is 5.83. The molecule has 2 rings (SSSR count). The highest BCUT2D eigenvalue weighted by molar-refractivity contribution is 5.97. The number of carbonyl (C=O) groups excluding carboxylic acids is 2. The number of nitrogens with one attached hydrogen (secondary N) is 2. The second-order valence-corrected chi connectivity index (χ2v) is 7.38. The third-order valence-electron chi connectivity index (χ3n) is 4.66. The van der Waals surface area contributed by atoms with Crippen LogP contribution in [0.3, 0.4) is 0 Å². The molecule has 1 aliphatic rings. The van der Waals surface area contributed by atoms with Crippen molar-refractivity contribution in [1.82, 2.24) is 10.3 Å². The van der Waals surface area contributed by atoms with Gasteiger partial charge in [-0.3, -0.25) is 14.6 Å². The van der Waals surface area contributed by atoms with Crippen molar-refractivity contribution in [3.63, 3.8) is 0 Å². The number of anilines is 1. The lowest BCUT2D eigenvalue weighted by Crippen LogP contribution is -2.47. The predicted molar refractivity (Wildman–Crippen MR) is 95.4 cm³/mol. The summed E-state index contributed by atoms with van der Waals surface area (Å²) in [5.41, 5.74) is 0.650. The normalized spacial score (nSPS) is 22.0. The van der Waals surface area contributed by atoms with Gasteiger partial charge < -0.3 is 10.6 Å². The van der Waals surface area contributed by atoms with Crippen LogP contribution in [-0.2, 0) is 9.59 Å². The first-order valence-corrected chi connectivity index (χ1v) is 8.97. The van der Waals surface area contributed by atoms with Crippen LogP contribution < -0.4 is 10.6 Å². The molecule has 1 fully saturated rings. The molecule has 0 bridgehead atoms. The minimum atomic E-state index is -0.503. The van der Waals surface area contributed by atoms with E-state index < -0.39 is 6.04 Å². The lowest BCUT2D eigenvalue weighted by atomic mass is 9.82. The van der Waals surface area contributed by atoms with Gasteiger partial charge in [-0.1, -0.05) is 20.8 Å². The number of aromatic nitrogens is 1. The topological polar surface area (TPSA) is 71.1 Å². The molecule has 132 valence electrons. The van der Waals surface area contributed by atoms with E-state index in [0.29, 0.717) is 23.9 Å². The van der Waals surface area contributed by atoms with Crippen molar-refractivity contribution in [3.8, 4) is 0 Å². The number of hydrogen-bond donors (Lipinski definition) is 2. The fourth-order valence-electron chi connectivity index (χ4n) is 3.18. The molecule has 0 aromatic carbocycles. The molecule has 0 radical (unpaired) electrons. The SMILES string of the molecule is CC(C)C[C@H](NC(=O)C1CCC(C)CC1)C(=O)Nc1cccnc1. The number of rotatable bonds is 6. The van der Waals surface area contributed by atoms with Gasteiger partial charge in [0.15, 0.2) is 0 Å². The van der Waals surface area contributed by atoms with Crippen molar-refractivity contribution < 1.29 is 9.59 Å². The molecule has 0 unspecified atom stereocenters. The van der Waals surface area contributed by atoms with Crippen LogP contribution in [0.2, 0.25) is 0 Å². The molecule has 2 amide bonds. The van der Waals surface area contributed by atoms with E-state index in [1.807, 2.05) is 0 Å². The van der Waals surface area contributed by atoms with E-state index in [9.17, 15) is 9.59 Å². The molecule has 2 N–H and O–H groups in total. The zero-order chi connectivity index (χ0) is 17.5. The van der Waals surface area contributed by atoms with Crippen LogP contribution in [0.5, 0.6) is 0 Å². The number of hydrogen-bond acceptors (Lipinski definition) is 3. The highest BCUT2D eigenvalue weighted by atomic mass is 16.2. The molecular formula is C19H29N3O2. The average Bonchev–Trinajstić information content (AvgIpc) is 2.55. The second kappa shape index (κ2) is 8.81. The number of amides is 2. The Morgan fingerprint density at radius 2 is 1.96 bits per heavy atom. The maximum atomic E-state index is 12.6. The molecule has 1 aromatic rings. The summed E-state index contributed by atoms with van der Waals surface area (Å²) in [5.74, 6) is 0.917. The van der Waals surface area contributed by atoms with Gasteiger partial charge in [-0.25, -0.2) is 0 Å². The first-order chi connectivity index (χ1) is 11.5. The third kappa shape index (κ3) is 5.62. The van der Waals surface area contributed by atoms with Gasteiger partial charge in [-0.2, -0.15) is 0 Å². The number of pyridine rings is 1. The first-order valence-electron chi connectivity index (χ1n) is 8.97. The van der Waals surface area contributed by atoms with Gasteiger partial charge in [0.2, 0.25) is 11.8 Å². The molecule has 1 heterocycles. The van der Waals surface area contributed by atoms with Crippen LogP contribution in [0.1, 0.15) is 52.9 Å². The van der Waals surface area contributed by atoms with Crippen LogP contribution in [0.25, 0.3) is 0 Å². The molecule has 0 spiro atoms. The van der Waals surface area contributed by atoms with Crippen LogP contribution in [0, 0.1) is 17.8 Å². The molecule has 0 aliphatic heterocycles. The summed E-state index contributed by atoms with van der Waals surface area (Å²) in [7, 11) is 0. The maximum Gasteiger partial charge on any atom is 0.247 e. The van der Waals surface area contributed by atoms with Crippen molar-refractivity contribution in [1.29, 1.82) is 0 Å². The van der Waals surface area contributed by atoms with Gasteiger partial charge >= 0.3 is 0 Å². The molecule has 5 heteroatoms. The molecule has 1 atom stereocenters. The smallest absolute Gasteiger partial charge is 0.247 e. The van der Waals surface area contributed by atoms with Gasteiger partial charge in [0.25, 0.3) is 0 Å². The summed E-state index contributed by atoms with van der Waals surface area (Å²) < 4.78 is 0. The summed E-state index contributed by atoms with van der Waals surface area (Å²) in [4.78, 5) is 29.1. The zero-order valence-electron chi connectivity index (χ0n) is 14.9. The monoisotopic (exact) mass is 331 g/mol. The number of nitrogens with zero attached hydrogens (tertiary/aromatic N) is 1. The van der Waals surface area contributed by atoms with Crippen molar-refractivity contribution >= 4 is 17.5 Å². The highest BCUT2D eigenvalue weighted by Crippen LogP contribution is 2.28. The minimum absolute atomic E-state index is 0.0221. The standard InChI is InChI=1S/C19H29N3O2/c1-13(2)11-17(19(24)21-16-5-4-10-20-12-16)22-18(23)15-8-6-14(3)7-9-15/h4-5,10,12-15,17H,6-9,11H2,1-3H3,(H,21,24)(H,22,23)/t14?,15?,17-/m0/s1. The molecule has 1 aliphatic carbocycles. The molecule has 1 saturated carbocycles. The highest BCUT2D eigenvalue weighted by Gasteiger charge is 2.28. The van der Waals surface area contributed by atoms with E-state index in [4.69, 9.17) is 0 Å². The quantitative estimate of drug-likeness (QED) is 0.839. The van der Waals surface area contributed by atoms with Gasteiger partial charge in [-0.05, 0) is 56.1 Å². The summed E-state index contributed by atoms with van der Waals surface area (Å²) in [6.07, 6.45) is 7.92. The van der Waals surface area contributed by atoms with Crippen LogP contribution in [0.15, 0.2) is 24.5 Å². The Hall–Kier alpha value is -1.91. The van der Waals surface area contributed by atoms with E-state index in [1.165, 1.54) is 0 Å². The predicted octanol–water partition coefficient (Wildman–Crippen LogP) is 3.38. The van der Waals surface area contributed by atoms with Crippen molar-refractivity contribution in [2.24, 2.45) is 17.8 Å². The Kier molecular flexibility index (Phi) is 6.76. The summed E-state index contributed by atoms with van der Waals surface area (Å²) in [6.45, 7) is 6.34. The van der Waals surface area contributed by atoms with E-state index >= 15 is 0 Å². The second-order valence-electron chi connectivity index (χ2n) is 7.38. The minimum Gasteiger partial charge on any atom is -0.344 e. The average molecular weight is 331 g/mol. The molecule has 5 nitrogen and oxygen atoms in total. The van der Waals surface area contributed by atoms with E-state index in [0.717, 1.165) is 25.7 Å². The molecular weight excluding hydrogens is 302 g/mol. The van der Waals surface area contributed by atoms with Crippen molar-refractivity contribution in [2.75, 3.05) is 5.32 Å². The Balaban J connectivity index is 1.96. The van der Waals surface area contributed by atoms with Crippen molar-refractivity contribution in [3.05, 3.63) is 24.5 Å². The fourth-order valence-corrected chi connectivity index (χ4v) is 3.18. The van der Waals surface area contributed by atoms with Crippen LogP contribution in [0.4, 0.5) is 5.69 Å².